The molecule has 0 aliphatic heterocycles. The minimum atomic E-state index is -0.823. The Morgan fingerprint density at radius 2 is 1.96 bits per heavy atom. The Morgan fingerprint density at radius 3 is 2.58 bits per heavy atom. The molecule has 138 valence electrons. The monoisotopic (exact) mass is 357 g/mol. The Kier molecular flexibility index (Phi) is 5.06. The van der Waals surface area contributed by atoms with E-state index in [0.29, 0.717) is 36.6 Å². The van der Waals surface area contributed by atoms with Gasteiger partial charge in [0.25, 0.3) is 11.5 Å². The fourth-order valence-corrected chi connectivity index (χ4v) is 3.46. The molecule has 1 aromatic heterocycles. The van der Waals surface area contributed by atoms with E-state index < -0.39 is 11.9 Å². The van der Waals surface area contributed by atoms with Gasteiger partial charge in [-0.3, -0.25) is 14.4 Å². The predicted octanol–water partition coefficient (Wildman–Crippen LogP) is 2.04. The molecule has 3 rings (SSSR count). The molecule has 0 bridgehead atoms. The third kappa shape index (κ3) is 3.61. The van der Waals surface area contributed by atoms with E-state index in [1.807, 2.05) is 13.8 Å². The van der Waals surface area contributed by atoms with Crippen LogP contribution in [0.25, 0.3) is 10.8 Å². The summed E-state index contributed by atoms with van der Waals surface area (Å²) in [6, 6.07) is 6.76. The first-order valence-electron chi connectivity index (χ1n) is 8.90. The minimum Gasteiger partial charge on any atom is -0.481 e. The fraction of sp³-hybridized carbons (Fsp3) is 0.474. The Hall–Kier alpha value is -2.70. The highest BCUT2D eigenvalue weighted by atomic mass is 16.4. The van der Waals surface area contributed by atoms with E-state index in [0.717, 1.165) is 0 Å². The molecule has 1 aliphatic rings. The number of amides is 1. The van der Waals surface area contributed by atoms with Crippen LogP contribution in [0.3, 0.4) is 0 Å². The van der Waals surface area contributed by atoms with Crippen molar-refractivity contribution in [3.05, 3.63) is 40.3 Å². The molecule has 1 heterocycles. The number of carbonyl (C=O) groups is 2. The van der Waals surface area contributed by atoms with Crippen LogP contribution in [0.5, 0.6) is 0 Å². The average molecular weight is 357 g/mol. The maximum absolute atomic E-state index is 12.8. The lowest BCUT2D eigenvalue weighted by Gasteiger charge is -2.15. The number of aromatic nitrogens is 2. The Morgan fingerprint density at radius 1 is 1.27 bits per heavy atom. The van der Waals surface area contributed by atoms with Crippen LogP contribution in [-0.4, -0.2) is 32.8 Å². The van der Waals surface area contributed by atoms with E-state index in [1.165, 1.54) is 4.68 Å². The zero-order valence-corrected chi connectivity index (χ0v) is 14.9. The van der Waals surface area contributed by atoms with Crippen molar-refractivity contribution in [3.63, 3.8) is 0 Å². The fourth-order valence-electron chi connectivity index (χ4n) is 3.46. The zero-order chi connectivity index (χ0) is 18.8. The summed E-state index contributed by atoms with van der Waals surface area (Å²) in [5.74, 6) is -1.39. The van der Waals surface area contributed by atoms with Gasteiger partial charge >= 0.3 is 5.97 Å². The number of nitrogens with zero attached hydrogens (tertiary/aromatic N) is 2. The Labute approximate surface area is 151 Å². The average Bonchev–Trinajstić information content (AvgIpc) is 3.06. The van der Waals surface area contributed by atoms with Gasteiger partial charge < -0.3 is 10.4 Å². The number of benzene rings is 1. The normalized spacial score (nSPS) is 19.8. The number of carbonyl (C=O) groups excluding carboxylic acids is 1. The van der Waals surface area contributed by atoms with Crippen LogP contribution in [0.4, 0.5) is 0 Å². The van der Waals surface area contributed by atoms with Crippen molar-refractivity contribution < 1.29 is 14.7 Å². The zero-order valence-electron chi connectivity index (χ0n) is 14.9. The predicted molar refractivity (Wildman–Crippen MR) is 97.1 cm³/mol. The van der Waals surface area contributed by atoms with Crippen LogP contribution in [0.2, 0.25) is 0 Å². The molecule has 2 aromatic rings. The molecule has 1 saturated carbocycles. The highest BCUT2D eigenvalue weighted by molar-refractivity contribution is 6.04. The largest absolute Gasteiger partial charge is 0.481 e. The molecule has 2 N–H and O–H groups in total. The number of carboxylic acid groups (broad SMARTS) is 1. The third-order valence-electron chi connectivity index (χ3n) is 4.74. The second kappa shape index (κ2) is 7.27. The molecule has 0 unspecified atom stereocenters. The second-order valence-corrected chi connectivity index (χ2v) is 7.29. The smallest absolute Gasteiger partial charge is 0.306 e. The van der Waals surface area contributed by atoms with Crippen LogP contribution in [0.15, 0.2) is 29.1 Å². The van der Waals surface area contributed by atoms with E-state index in [2.05, 4.69) is 10.4 Å². The lowest BCUT2D eigenvalue weighted by atomic mass is 10.1. The minimum absolute atomic E-state index is 0.186. The van der Waals surface area contributed by atoms with Gasteiger partial charge in [-0.15, -0.1) is 0 Å². The molecule has 0 radical (unpaired) electrons. The molecule has 7 heteroatoms. The van der Waals surface area contributed by atoms with Crippen molar-refractivity contribution in [2.45, 2.75) is 45.7 Å². The summed E-state index contributed by atoms with van der Waals surface area (Å²) in [5.41, 5.74) is -0.00252. The first kappa shape index (κ1) is 18.1. The molecule has 0 spiro atoms. The van der Waals surface area contributed by atoms with Gasteiger partial charge in [-0.1, -0.05) is 32.0 Å². The van der Waals surface area contributed by atoms with Gasteiger partial charge in [0.15, 0.2) is 5.69 Å². The molecule has 26 heavy (non-hydrogen) atoms. The van der Waals surface area contributed by atoms with Crippen molar-refractivity contribution in [2.24, 2.45) is 11.8 Å². The number of hydrogen-bond acceptors (Lipinski definition) is 4. The molecule has 2 atom stereocenters. The lowest BCUT2D eigenvalue weighted by molar-refractivity contribution is -0.141. The van der Waals surface area contributed by atoms with Gasteiger partial charge in [0, 0.05) is 18.0 Å². The number of nitrogens with one attached hydrogen (secondary N) is 1. The summed E-state index contributed by atoms with van der Waals surface area (Å²) in [6.45, 7) is 4.38. The number of carboxylic acids is 1. The summed E-state index contributed by atoms with van der Waals surface area (Å²) >= 11 is 0. The Bertz CT molecular complexity index is 903. The molecule has 7 nitrogen and oxygen atoms in total. The van der Waals surface area contributed by atoms with Crippen LogP contribution < -0.4 is 10.9 Å². The van der Waals surface area contributed by atoms with Gasteiger partial charge in [-0.25, -0.2) is 4.68 Å². The van der Waals surface area contributed by atoms with Gasteiger partial charge in [0.2, 0.25) is 0 Å². The van der Waals surface area contributed by atoms with Crippen LogP contribution in [0.1, 0.15) is 43.6 Å². The first-order valence-corrected chi connectivity index (χ1v) is 8.90. The van der Waals surface area contributed by atoms with Gasteiger partial charge in [0.1, 0.15) is 0 Å². The molecule has 0 saturated heterocycles. The van der Waals surface area contributed by atoms with Crippen molar-refractivity contribution >= 4 is 22.6 Å². The summed E-state index contributed by atoms with van der Waals surface area (Å²) in [7, 11) is 0. The summed E-state index contributed by atoms with van der Waals surface area (Å²) in [6.07, 6.45) is 1.61. The first-order chi connectivity index (χ1) is 12.4. The Balaban J connectivity index is 1.93. The van der Waals surface area contributed by atoms with E-state index in [4.69, 9.17) is 5.11 Å². The molecule has 1 aromatic carbocycles. The maximum Gasteiger partial charge on any atom is 0.306 e. The van der Waals surface area contributed by atoms with Crippen molar-refractivity contribution in [1.29, 1.82) is 0 Å². The topological polar surface area (TPSA) is 101 Å². The molecule has 1 fully saturated rings. The summed E-state index contributed by atoms with van der Waals surface area (Å²) < 4.78 is 1.34. The van der Waals surface area contributed by atoms with Crippen LogP contribution in [0, 0.1) is 11.8 Å². The highest BCUT2D eigenvalue weighted by Gasteiger charge is 2.31. The van der Waals surface area contributed by atoms with Gasteiger partial charge in [-0.2, -0.15) is 5.10 Å². The summed E-state index contributed by atoms with van der Waals surface area (Å²) in [5, 5.41) is 17.3. The van der Waals surface area contributed by atoms with E-state index in [1.54, 1.807) is 24.3 Å². The second-order valence-electron chi connectivity index (χ2n) is 7.29. The number of rotatable bonds is 5. The van der Waals surface area contributed by atoms with Crippen molar-refractivity contribution in [3.8, 4) is 0 Å². The van der Waals surface area contributed by atoms with E-state index in [-0.39, 0.29) is 29.1 Å². The number of aliphatic carboxylic acids is 1. The number of hydrogen-bond donors (Lipinski definition) is 2. The van der Waals surface area contributed by atoms with Gasteiger partial charge in [0.05, 0.1) is 11.3 Å². The summed E-state index contributed by atoms with van der Waals surface area (Å²) in [4.78, 5) is 36.5. The standard InChI is InChI=1S/C19H23N3O4/c1-11(2)10-22-18(24)15-6-4-3-5-14(15)16(21-22)17(23)20-13-8-7-12(9-13)19(25)26/h3-6,11-13H,7-10H2,1-2H3,(H,20,23)(H,25,26)/t12-,13+/m0/s1. The van der Waals surface area contributed by atoms with Gasteiger partial charge in [-0.05, 0) is 31.2 Å². The SMILES string of the molecule is CC(C)Cn1nc(C(=O)N[C@@H]2CC[C@H](C(=O)O)C2)c2ccccc2c1=O. The van der Waals surface area contributed by atoms with Crippen LogP contribution in [-0.2, 0) is 11.3 Å². The quantitative estimate of drug-likeness (QED) is 0.853. The third-order valence-corrected chi connectivity index (χ3v) is 4.74. The molecular weight excluding hydrogens is 334 g/mol. The maximum atomic E-state index is 12.8. The molecule has 1 aliphatic carbocycles. The number of fused-ring (bicyclic) bond motifs is 1. The lowest BCUT2D eigenvalue weighted by Crippen LogP contribution is -2.36. The van der Waals surface area contributed by atoms with Crippen LogP contribution >= 0.6 is 0 Å². The van der Waals surface area contributed by atoms with E-state index >= 15 is 0 Å². The highest BCUT2D eigenvalue weighted by Crippen LogP contribution is 2.26. The molecular formula is C19H23N3O4. The molecule has 1 amide bonds. The van der Waals surface area contributed by atoms with Crippen molar-refractivity contribution in [1.82, 2.24) is 15.1 Å². The van der Waals surface area contributed by atoms with E-state index in [9.17, 15) is 14.4 Å². The van der Waals surface area contributed by atoms with Crippen molar-refractivity contribution in [2.75, 3.05) is 0 Å².